The molecule has 0 aliphatic rings. The van der Waals surface area contributed by atoms with Gasteiger partial charge in [0, 0.05) is 12.8 Å². The van der Waals surface area contributed by atoms with Crippen LogP contribution in [-0.2, 0) is 14.0 Å². The van der Waals surface area contributed by atoms with E-state index in [9.17, 15) is 9.59 Å². The molecule has 0 saturated heterocycles. The Hall–Kier alpha value is -0.483. The van der Waals surface area contributed by atoms with Gasteiger partial charge in [0.05, 0.1) is 6.10 Å². The second kappa shape index (κ2) is 5.91. The molecule has 0 aliphatic carbocycles. The van der Waals surface area contributed by atoms with Gasteiger partial charge in [0.1, 0.15) is 11.6 Å². The van der Waals surface area contributed by atoms with Gasteiger partial charge in [0.15, 0.2) is 8.32 Å². The highest BCUT2D eigenvalue weighted by molar-refractivity contribution is 6.74. The Labute approximate surface area is 106 Å². The average Bonchev–Trinajstić information content (AvgIpc) is 1.96. The predicted octanol–water partition coefficient (Wildman–Crippen LogP) is 3.34. The van der Waals surface area contributed by atoms with Crippen LogP contribution in [0.2, 0.25) is 18.1 Å². The van der Waals surface area contributed by atoms with Crippen molar-refractivity contribution in [2.24, 2.45) is 0 Å². The summed E-state index contributed by atoms with van der Waals surface area (Å²) in [5.41, 5.74) is 0. The Bertz CT molecular complexity index is 274. The largest absolute Gasteiger partial charge is 0.413 e. The first kappa shape index (κ1) is 16.5. The zero-order chi connectivity index (χ0) is 13.9. The standard InChI is InChI=1S/C13H26O3Si/c1-10(14)8-12(9-11(2)15)16-17(6,7)13(3,4)5/h12H,8-9H2,1-7H3. The summed E-state index contributed by atoms with van der Waals surface area (Å²) < 4.78 is 6.12. The molecule has 4 heteroatoms. The molecular formula is C13H26O3Si. The minimum Gasteiger partial charge on any atom is -0.413 e. The molecule has 0 aromatic carbocycles. The smallest absolute Gasteiger partial charge is 0.192 e. The summed E-state index contributed by atoms with van der Waals surface area (Å²) in [6.07, 6.45) is 0.434. The van der Waals surface area contributed by atoms with Crippen LogP contribution in [0.4, 0.5) is 0 Å². The van der Waals surface area contributed by atoms with Crippen LogP contribution < -0.4 is 0 Å². The number of ketones is 2. The van der Waals surface area contributed by atoms with Crippen molar-refractivity contribution >= 4 is 19.9 Å². The van der Waals surface area contributed by atoms with Gasteiger partial charge in [-0.25, -0.2) is 0 Å². The first-order valence-electron chi connectivity index (χ1n) is 6.12. The Morgan fingerprint density at radius 2 is 1.41 bits per heavy atom. The highest BCUT2D eigenvalue weighted by Crippen LogP contribution is 2.38. The third-order valence-corrected chi connectivity index (χ3v) is 7.83. The lowest BCUT2D eigenvalue weighted by atomic mass is 10.1. The summed E-state index contributed by atoms with van der Waals surface area (Å²) in [5, 5.41) is 0.0961. The molecule has 0 radical (unpaired) electrons. The second-order valence-corrected chi connectivity index (χ2v) is 11.1. The van der Waals surface area contributed by atoms with Gasteiger partial charge in [-0.15, -0.1) is 0 Å². The molecule has 0 fully saturated rings. The van der Waals surface area contributed by atoms with E-state index in [1.165, 1.54) is 0 Å². The highest BCUT2D eigenvalue weighted by atomic mass is 28.4. The Kier molecular flexibility index (Phi) is 5.74. The summed E-state index contributed by atoms with van der Waals surface area (Å²) in [7, 11) is -1.91. The van der Waals surface area contributed by atoms with E-state index in [-0.39, 0.29) is 22.7 Å². The van der Waals surface area contributed by atoms with Crippen LogP contribution in [0, 0.1) is 0 Å². The van der Waals surface area contributed by atoms with Crippen molar-refractivity contribution in [3.05, 3.63) is 0 Å². The molecule has 3 nitrogen and oxygen atoms in total. The van der Waals surface area contributed by atoms with Crippen LogP contribution >= 0.6 is 0 Å². The Morgan fingerprint density at radius 1 is 1.06 bits per heavy atom. The summed E-state index contributed by atoms with van der Waals surface area (Å²) in [6.45, 7) is 13.8. The fraction of sp³-hybridized carbons (Fsp3) is 0.846. The maximum absolute atomic E-state index is 11.2. The number of Topliss-reactive ketones (excluding diaryl/α,β-unsaturated/α-hetero) is 2. The van der Waals surface area contributed by atoms with Crippen LogP contribution in [0.15, 0.2) is 0 Å². The van der Waals surface area contributed by atoms with E-state index < -0.39 is 8.32 Å². The summed E-state index contributed by atoms with van der Waals surface area (Å²) in [4.78, 5) is 22.4. The van der Waals surface area contributed by atoms with Crippen LogP contribution in [0.1, 0.15) is 47.5 Å². The van der Waals surface area contributed by atoms with Gasteiger partial charge in [-0.2, -0.15) is 0 Å². The number of carbonyl (C=O) groups excluding carboxylic acids is 2. The van der Waals surface area contributed by atoms with Crippen LogP contribution in [-0.4, -0.2) is 26.0 Å². The second-order valence-electron chi connectivity index (χ2n) is 6.31. The fourth-order valence-corrected chi connectivity index (χ4v) is 2.74. The van der Waals surface area contributed by atoms with Crippen molar-refractivity contribution in [3.8, 4) is 0 Å². The molecule has 0 N–H and O–H groups in total. The Morgan fingerprint density at radius 3 is 1.65 bits per heavy atom. The Balaban J connectivity index is 4.73. The van der Waals surface area contributed by atoms with Gasteiger partial charge in [0.2, 0.25) is 0 Å². The molecule has 0 aliphatic heterocycles. The van der Waals surface area contributed by atoms with E-state index >= 15 is 0 Å². The summed E-state index contributed by atoms with van der Waals surface area (Å²) in [5.74, 6) is 0.157. The molecule has 0 rings (SSSR count). The number of hydrogen-bond donors (Lipinski definition) is 0. The molecule has 0 atom stereocenters. The van der Waals surface area contributed by atoms with Gasteiger partial charge in [-0.1, -0.05) is 20.8 Å². The third kappa shape index (κ3) is 6.12. The molecule has 0 unspecified atom stereocenters. The van der Waals surface area contributed by atoms with Gasteiger partial charge < -0.3 is 4.43 Å². The first-order valence-corrected chi connectivity index (χ1v) is 9.03. The molecule has 0 aromatic heterocycles. The molecule has 0 aromatic rings. The third-order valence-electron chi connectivity index (χ3n) is 3.30. The van der Waals surface area contributed by atoms with Gasteiger partial charge in [-0.3, -0.25) is 9.59 Å². The van der Waals surface area contributed by atoms with Crippen molar-refractivity contribution in [1.29, 1.82) is 0 Å². The number of hydrogen-bond acceptors (Lipinski definition) is 3. The zero-order valence-corrected chi connectivity index (χ0v) is 13.2. The molecule has 100 valence electrons. The van der Waals surface area contributed by atoms with Crippen LogP contribution in [0.5, 0.6) is 0 Å². The highest BCUT2D eigenvalue weighted by Gasteiger charge is 2.39. The van der Waals surface area contributed by atoms with E-state index in [1.54, 1.807) is 13.8 Å². The number of rotatable bonds is 6. The predicted molar refractivity (Wildman–Crippen MR) is 72.7 cm³/mol. The van der Waals surface area contributed by atoms with Crippen molar-refractivity contribution in [2.75, 3.05) is 0 Å². The first-order chi connectivity index (χ1) is 7.45. The van der Waals surface area contributed by atoms with Crippen LogP contribution in [0.25, 0.3) is 0 Å². The molecule has 17 heavy (non-hydrogen) atoms. The van der Waals surface area contributed by atoms with E-state index in [2.05, 4.69) is 33.9 Å². The van der Waals surface area contributed by atoms with E-state index in [0.717, 1.165) is 0 Å². The zero-order valence-electron chi connectivity index (χ0n) is 12.2. The molecule has 0 amide bonds. The quantitative estimate of drug-likeness (QED) is 0.686. The van der Waals surface area contributed by atoms with Crippen molar-refractivity contribution in [1.82, 2.24) is 0 Å². The lowest BCUT2D eigenvalue weighted by Crippen LogP contribution is -2.44. The van der Waals surface area contributed by atoms with E-state index in [4.69, 9.17) is 4.43 Å². The average molecular weight is 258 g/mol. The lowest BCUT2D eigenvalue weighted by molar-refractivity contribution is -0.121. The summed E-state index contributed by atoms with van der Waals surface area (Å²) >= 11 is 0. The van der Waals surface area contributed by atoms with Gasteiger partial charge in [-0.05, 0) is 32.0 Å². The SMILES string of the molecule is CC(=O)CC(CC(C)=O)O[Si](C)(C)C(C)(C)C. The topological polar surface area (TPSA) is 43.4 Å². The van der Waals surface area contributed by atoms with Gasteiger partial charge in [0.25, 0.3) is 0 Å². The van der Waals surface area contributed by atoms with E-state index in [1.807, 2.05) is 0 Å². The summed E-state index contributed by atoms with van der Waals surface area (Å²) in [6, 6.07) is 0. The molecule has 0 heterocycles. The van der Waals surface area contributed by atoms with Crippen molar-refractivity contribution in [2.45, 2.75) is 71.7 Å². The van der Waals surface area contributed by atoms with Crippen LogP contribution in [0.3, 0.4) is 0 Å². The normalized spacial score (nSPS) is 12.9. The molecule has 0 bridgehead atoms. The monoisotopic (exact) mass is 258 g/mol. The maximum atomic E-state index is 11.2. The minimum absolute atomic E-state index is 0.0787. The maximum Gasteiger partial charge on any atom is 0.192 e. The van der Waals surface area contributed by atoms with E-state index in [0.29, 0.717) is 12.8 Å². The van der Waals surface area contributed by atoms with Gasteiger partial charge >= 0.3 is 0 Å². The van der Waals surface area contributed by atoms with Crippen molar-refractivity contribution < 1.29 is 14.0 Å². The molecule has 0 saturated carbocycles. The fourth-order valence-electron chi connectivity index (χ4n) is 1.39. The molecular weight excluding hydrogens is 232 g/mol. The lowest BCUT2D eigenvalue weighted by Gasteiger charge is -2.39. The number of carbonyl (C=O) groups is 2. The van der Waals surface area contributed by atoms with Crippen molar-refractivity contribution in [3.63, 3.8) is 0 Å². The minimum atomic E-state index is -1.91. The molecule has 0 spiro atoms.